The first-order valence-electron chi connectivity index (χ1n) is 7.71. The van der Waals surface area contributed by atoms with Gasteiger partial charge in [0.25, 0.3) is 0 Å². The van der Waals surface area contributed by atoms with E-state index in [9.17, 15) is 23.4 Å². The Kier molecular flexibility index (Phi) is 4.28. The average Bonchev–Trinajstić information content (AvgIpc) is 2.86. The average molecular weight is 354 g/mol. The fourth-order valence-electron chi connectivity index (χ4n) is 2.80. The van der Waals surface area contributed by atoms with Crippen molar-refractivity contribution < 1.29 is 23.4 Å². The molecule has 2 N–H and O–H groups in total. The summed E-state index contributed by atoms with van der Waals surface area (Å²) in [5.74, 6) is -0.106. The van der Waals surface area contributed by atoms with Crippen molar-refractivity contribution in [3.8, 4) is 17.0 Å². The van der Waals surface area contributed by atoms with Gasteiger partial charge < -0.3 is 15.1 Å². The Hall–Kier alpha value is -2.42. The number of phenols is 1. The second-order valence-electron chi connectivity index (χ2n) is 6.23. The first-order valence-corrected chi connectivity index (χ1v) is 7.71. The zero-order valence-electron chi connectivity index (χ0n) is 13.6. The van der Waals surface area contributed by atoms with E-state index in [4.69, 9.17) is 0 Å². The molecule has 2 heterocycles. The van der Waals surface area contributed by atoms with Gasteiger partial charge in [0.05, 0.1) is 17.4 Å². The quantitative estimate of drug-likeness (QED) is 0.862. The topological polar surface area (TPSA) is 82.4 Å². The number of aliphatic hydroxyl groups is 1. The minimum absolute atomic E-state index is 0.0857. The molecule has 134 valence electrons. The van der Waals surface area contributed by atoms with Crippen LogP contribution in [0.4, 0.5) is 19.1 Å². The summed E-state index contributed by atoms with van der Waals surface area (Å²) < 4.78 is 38.1. The molecular formula is C16H17F3N4O2. The number of anilines is 1. The monoisotopic (exact) mass is 354 g/mol. The van der Waals surface area contributed by atoms with Crippen molar-refractivity contribution in [2.45, 2.75) is 26.1 Å². The molecule has 0 amide bonds. The third-order valence-corrected chi connectivity index (χ3v) is 4.29. The number of aromatic nitrogens is 3. The minimum atomic E-state index is -4.54. The summed E-state index contributed by atoms with van der Waals surface area (Å²) in [6, 6.07) is 2.68. The van der Waals surface area contributed by atoms with Crippen LogP contribution in [-0.4, -0.2) is 44.6 Å². The fraction of sp³-hybridized carbons (Fsp3) is 0.438. The molecule has 0 spiro atoms. The molecule has 0 aliphatic carbocycles. The molecule has 6 nitrogen and oxygen atoms in total. The third kappa shape index (κ3) is 3.37. The van der Waals surface area contributed by atoms with Crippen molar-refractivity contribution in [2.75, 3.05) is 18.0 Å². The predicted octanol–water partition coefficient (Wildman–Crippen LogP) is 2.39. The van der Waals surface area contributed by atoms with Crippen molar-refractivity contribution in [1.29, 1.82) is 0 Å². The summed E-state index contributed by atoms with van der Waals surface area (Å²) in [6.07, 6.45) is -5.01. The molecule has 1 aromatic carbocycles. The Labute approximate surface area is 142 Å². The molecule has 1 saturated heterocycles. The standard InChI is InChI=1S/C16H17F3N4O2/c1-8-6-23(7-13(8)25)15-20-9(2)14(21-22-15)11-4-3-10(5-12(11)24)16(17,18)19/h3-5,8,13,24-25H,6-7H2,1-2H3/t8-,13+/m0/s1. The largest absolute Gasteiger partial charge is 0.507 e. The highest BCUT2D eigenvalue weighted by atomic mass is 19.4. The van der Waals surface area contributed by atoms with E-state index in [2.05, 4.69) is 15.2 Å². The van der Waals surface area contributed by atoms with E-state index in [-0.39, 0.29) is 17.2 Å². The van der Waals surface area contributed by atoms with E-state index >= 15 is 0 Å². The molecule has 0 bridgehead atoms. The van der Waals surface area contributed by atoms with Gasteiger partial charge in [0, 0.05) is 24.6 Å². The Morgan fingerprint density at radius 3 is 2.44 bits per heavy atom. The van der Waals surface area contributed by atoms with E-state index in [1.807, 2.05) is 6.92 Å². The van der Waals surface area contributed by atoms with E-state index in [0.717, 1.165) is 12.1 Å². The number of nitrogens with zero attached hydrogens (tertiary/aromatic N) is 4. The SMILES string of the molecule is Cc1nc(N2C[C@@H](O)[C@@H](C)C2)nnc1-c1ccc(C(F)(F)F)cc1O. The first-order chi connectivity index (χ1) is 11.7. The Balaban J connectivity index is 1.92. The van der Waals surface area contributed by atoms with Crippen molar-refractivity contribution in [1.82, 2.24) is 15.2 Å². The number of benzene rings is 1. The molecule has 1 aliphatic heterocycles. The zero-order valence-corrected chi connectivity index (χ0v) is 13.6. The number of phenolic OH excluding ortho intramolecular Hbond substituents is 1. The minimum Gasteiger partial charge on any atom is -0.507 e. The van der Waals surface area contributed by atoms with Crippen LogP contribution in [0.15, 0.2) is 18.2 Å². The van der Waals surface area contributed by atoms with E-state index in [1.54, 1.807) is 11.8 Å². The number of aromatic hydroxyl groups is 1. The first kappa shape index (κ1) is 17.4. The number of alkyl halides is 3. The van der Waals surface area contributed by atoms with Crippen LogP contribution < -0.4 is 4.90 Å². The van der Waals surface area contributed by atoms with Gasteiger partial charge in [-0.05, 0) is 25.1 Å². The summed E-state index contributed by atoms with van der Waals surface area (Å²) in [5.41, 5.74) is -0.173. The highest BCUT2D eigenvalue weighted by Crippen LogP contribution is 2.36. The molecule has 2 aromatic rings. The lowest BCUT2D eigenvalue weighted by Gasteiger charge is -2.16. The maximum Gasteiger partial charge on any atom is 0.416 e. The van der Waals surface area contributed by atoms with Crippen molar-refractivity contribution in [3.05, 3.63) is 29.5 Å². The van der Waals surface area contributed by atoms with Gasteiger partial charge >= 0.3 is 6.18 Å². The zero-order chi connectivity index (χ0) is 18.4. The number of halogens is 3. The van der Waals surface area contributed by atoms with Gasteiger partial charge in [-0.2, -0.15) is 13.2 Å². The normalized spacial score (nSPS) is 21.0. The number of aliphatic hydroxyl groups excluding tert-OH is 1. The molecule has 0 unspecified atom stereocenters. The summed E-state index contributed by atoms with van der Waals surface area (Å²) in [7, 11) is 0. The van der Waals surface area contributed by atoms with Crippen LogP contribution in [0.2, 0.25) is 0 Å². The molecule has 1 aromatic heterocycles. The molecule has 3 rings (SSSR count). The second-order valence-corrected chi connectivity index (χ2v) is 6.23. The molecule has 25 heavy (non-hydrogen) atoms. The van der Waals surface area contributed by atoms with Crippen LogP contribution in [0, 0.1) is 12.8 Å². The summed E-state index contributed by atoms with van der Waals surface area (Å²) in [5, 5.41) is 27.8. The number of β-amino-alcohol motifs (C(OH)–C–C–N with tert-alkyl or cyclic N) is 1. The molecule has 1 aliphatic rings. The molecule has 0 saturated carbocycles. The van der Waals surface area contributed by atoms with E-state index in [1.165, 1.54) is 0 Å². The molecular weight excluding hydrogens is 337 g/mol. The van der Waals surface area contributed by atoms with E-state index < -0.39 is 23.6 Å². The smallest absolute Gasteiger partial charge is 0.416 e. The highest BCUT2D eigenvalue weighted by Gasteiger charge is 2.32. The number of hydrogen-bond acceptors (Lipinski definition) is 6. The van der Waals surface area contributed by atoms with Crippen molar-refractivity contribution in [2.24, 2.45) is 5.92 Å². The van der Waals surface area contributed by atoms with Gasteiger partial charge in [0.2, 0.25) is 5.95 Å². The molecule has 0 radical (unpaired) electrons. The van der Waals surface area contributed by atoms with Crippen LogP contribution in [0.25, 0.3) is 11.3 Å². The Bertz CT molecular complexity index is 787. The summed E-state index contributed by atoms with van der Waals surface area (Å²) in [4.78, 5) is 6.12. The van der Waals surface area contributed by atoms with Gasteiger partial charge in [-0.25, -0.2) is 4.98 Å². The van der Waals surface area contributed by atoms with Gasteiger partial charge in [0.15, 0.2) is 0 Å². The summed E-state index contributed by atoms with van der Waals surface area (Å²) >= 11 is 0. The van der Waals surface area contributed by atoms with Crippen LogP contribution in [-0.2, 0) is 6.18 Å². The van der Waals surface area contributed by atoms with E-state index in [0.29, 0.717) is 30.8 Å². The fourth-order valence-corrected chi connectivity index (χ4v) is 2.80. The lowest BCUT2D eigenvalue weighted by molar-refractivity contribution is -0.137. The van der Waals surface area contributed by atoms with Crippen molar-refractivity contribution in [3.63, 3.8) is 0 Å². The van der Waals surface area contributed by atoms with Gasteiger partial charge in [-0.3, -0.25) is 0 Å². The number of hydrogen-bond donors (Lipinski definition) is 2. The van der Waals surface area contributed by atoms with Gasteiger partial charge in [-0.15, -0.1) is 10.2 Å². The van der Waals surface area contributed by atoms with Gasteiger partial charge in [0.1, 0.15) is 11.4 Å². The second kappa shape index (κ2) is 6.14. The lowest BCUT2D eigenvalue weighted by Crippen LogP contribution is -2.24. The van der Waals surface area contributed by atoms with Crippen LogP contribution in [0.3, 0.4) is 0 Å². The predicted molar refractivity (Wildman–Crippen MR) is 84.1 cm³/mol. The summed E-state index contributed by atoms with van der Waals surface area (Å²) in [6.45, 7) is 4.54. The molecule has 9 heteroatoms. The maximum atomic E-state index is 12.7. The number of aryl methyl sites for hydroxylation is 1. The van der Waals surface area contributed by atoms with Crippen molar-refractivity contribution >= 4 is 5.95 Å². The molecule has 1 fully saturated rings. The van der Waals surface area contributed by atoms with Crippen LogP contribution in [0.5, 0.6) is 5.75 Å². The maximum absolute atomic E-state index is 12.7. The number of rotatable bonds is 2. The Morgan fingerprint density at radius 1 is 1.20 bits per heavy atom. The lowest BCUT2D eigenvalue weighted by atomic mass is 10.1. The Morgan fingerprint density at radius 2 is 1.92 bits per heavy atom. The van der Waals surface area contributed by atoms with Crippen LogP contribution >= 0.6 is 0 Å². The van der Waals surface area contributed by atoms with Crippen LogP contribution in [0.1, 0.15) is 18.2 Å². The molecule has 2 atom stereocenters. The third-order valence-electron chi connectivity index (χ3n) is 4.29. The van der Waals surface area contributed by atoms with Gasteiger partial charge in [-0.1, -0.05) is 6.92 Å². The highest BCUT2D eigenvalue weighted by molar-refractivity contribution is 5.69.